The predicted molar refractivity (Wildman–Crippen MR) is 134 cm³/mol. The average molecular weight is 437 g/mol. The van der Waals surface area contributed by atoms with E-state index in [1.54, 1.807) is 0 Å². The number of hydrogen-bond donors (Lipinski definition) is 0. The molecule has 0 aliphatic carbocycles. The number of nitrogens with zero attached hydrogens (tertiary/aromatic N) is 1. The molecule has 0 aliphatic rings. The van der Waals surface area contributed by atoms with E-state index in [-0.39, 0.29) is 5.97 Å². The summed E-state index contributed by atoms with van der Waals surface area (Å²) in [4.78, 5) is 17.1. The van der Waals surface area contributed by atoms with Gasteiger partial charge in [0, 0.05) is 11.8 Å². The lowest BCUT2D eigenvalue weighted by Gasteiger charge is -2.21. The average Bonchev–Trinajstić information content (AvgIpc) is 2.87. The van der Waals surface area contributed by atoms with Gasteiger partial charge in [-0.25, -0.2) is 4.79 Å². The number of carbonyl (C=O) groups excluding carboxylic acids is 1. The highest BCUT2D eigenvalue weighted by Crippen LogP contribution is 2.33. The molecule has 0 aliphatic heterocycles. The van der Waals surface area contributed by atoms with Crippen LogP contribution >= 0.6 is 7.92 Å². The topological polar surface area (TPSA) is 38.7 Å². The first-order valence-electron chi connectivity index (χ1n) is 10.4. The van der Waals surface area contributed by atoms with Crippen LogP contribution in [0.15, 0.2) is 120 Å². The summed E-state index contributed by atoms with van der Waals surface area (Å²) in [5.74, 6) is -0.377. The fourth-order valence-corrected chi connectivity index (χ4v) is 5.99. The van der Waals surface area contributed by atoms with Crippen LogP contribution in [-0.2, 0) is 9.53 Å². The molecule has 4 heteroatoms. The Morgan fingerprint density at radius 3 is 1.81 bits per heavy atom. The Labute approximate surface area is 190 Å². The third kappa shape index (κ3) is 5.01. The van der Waals surface area contributed by atoms with Crippen molar-refractivity contribution in [1.82, 2.24) is 0 Å². The number of methoxy groups -OCH3 is 1. The van der Waals surface area contributed by atoms with Crippen molar-refractivity contribution in [3.63, 3.8) is 0 Å². The van der Waals surface area contributed by atoms with Crippen LogP contribution in [0.2, 0.25) is 0 Å². The SMILES string of the molecule is COC(=O)C(N=Cc1ccccc1P(c1ccccc1)c1ccccc1)c1ccccc1. The lowest BCUT2D eigenvalue weighted by Crippen LogP contribution is -2.23. The summed E-state index contributed by atoms with van der Waals surface area (Å²) in [7, 11) is 0.616. The molecule has 1 unspecified atom stereocenters. The molecule has 4 rings (SSSR count). The van der Waals surface area contributed by atoms with Gasteiger partial charge in [-0.2, -0.15) is 0 Å². The van der Waals surface area contributed by atoms with Crippen molar-refractivity contribution in [1.29, 1.82) is 0 Å². The van der Waals surface area contributed by atoms with Gasteiger partial charge in [0.25, 0.3) is 0 Å². The van der Waals surface area contributed by atoms with Crippen molar-refractivity contribution in [3.8, 4) is 0 Å². The molecular weight excluding hydrogens is 413 g/mol. The Morgan fingerprint density at radius 2 is 1.25 bits per heavy atom. The molecule has 0 fully saturated rings. The quantitative estimate of drug-likeness (QED) is 0.237. The summed E-state index contributed by atoms with van der Waals surface area (Å²) < 4.78 is 5.02. The first kappa shape index (κ1) is 21.7. The fourth-order valence-electron chi connectivity index (χ4n) is 3.57. The predicted octanol–water partition coefficient (Wildman–Crippen LogP) is 4.78. The van der Waals surface area contributed by atoms with Gasteiger partial charge in [0.05, 0.1) is 7.11 Å². The van der Waals surface area contributed by atoms with Crippen molar-refractivity contribution in [2.45, 2.75) is 6.04 Å². The molecule has 3 nitrogen and oxygen atoms in total. The molecule has 4 aromatic rings. The standard InChI is InChI=1S/C28H24NO2P/c1-31-28(30)27(22-13-5-2-6-14-22)29-21-23-15-11-12-20-26(23)32(24-16-7-3-8-17-24)25-18-9-4-10-19-25/h2-21,27H,1H3. The van der Waals surface area contributed by atoms with Crippen molar-refractivity contribution in [2.75, 3.05) is 7.11 Å². The Bertz CT molecular complexity index is 1140. The number of benzene rings is 4. The summed E-state index contributed by atoms with van der Waals surface area (Å²) in [6, 6.07) is 38.2. The molecule has 1 atom stereocenters. The van der Waals surface area contributed by atoms with E-state index in [2.05, 4.69) is 71.7 Å². The third-order valence-electron chi connectivity index (χ3n) is 5.11. The van der Waals surface area contributed by atoms with E-state index in [1.807, 2.05) is 54.7 Å². The minimum atomic E-state index is -0.778. The summed E-state index contributed by atoms with van der Waals surface area (Å²) in [5, 5.41) is 3.73. The Morgan fingerprint density at radius 1 is 0.750 bits per heavy atom. The summed E-state index contributed by atoms with van der Waals surface area (Å²) >= 11 is 0. The van der Waals surface area contributed by atoms with Crippen LogP contribution in [0, 0.1) is 0 Å². The van der Waals surface area contributed by atoms with E-state index >= 15 is 0 Å². The fraction of sp³-hybridized carbons (Fsp3) is 0.0714. The van der Waals surface area contributed by atoms with E-state index in [0.717, 1.165) is 11.1 Å². The Hall–Kier alpha value is -3.55. The highest BCUT2D eigenvalue weighted by Gasteiger charge is 2.21. The van der Waals surface area contributed by atoms with Crippen LogP contribution in [0.4, 0.5) is 0 Å². The van der Waals surface area contributed by atoms with E-state index in [9.17, 15) is 4.79 Å². The van der Waals surface area contributed by atoms with E-state index < -0.39 is 14.0 Å². The van der Waals surface area contributed by atoms with Crippen LogP contribution in [-0.4, -0.2) is 19.3 Å². The van der Waals surface area contributed by atoms with Gasteiger partial charge in [-0.05, 0) is 29.4 Å². The zero-order chi connectivity index (χ0) is 22.2. The maximum atomic E-state index is 12.5. The number of carbonyl (C=O) groups is 1. The molecule has 0 saturated heterocycles. The van der Waals surface area contributed by atoms with Gasteiger partial charge in [0.15, 0.2) is 6.04 Å². The minimum Gasteiger partial charge on any atom is -0.467 e. The first-order valence-corrected chi connectivity index (χ1v) is 11.8. The highest BCUT2D eigenvalue weighted by molar-refractivity contribution is 7.80. The Kier molecular flexibility index (Phi) is 7.22. The molecule has 4 aromatic carbocycles. The van der Waals surface area contributed by atoms with Crippen LogP contribution in [0.1, 0.15) is 17.2 Å². The maximum Gasteiger partial charge on any atom is 0.335 e. The van der Waals surface area contributed by atoms with Gasteiger partial charge in [-0.3, -0.25) is 4.99 Å². The molecule has 0 amide bonds. The van der Waals surface area contributed by atoms with Gasteiger partial charge >= 0.3 is 5.97 Å². The van der Waals surface area contributed by atoms with Gasteiger partial charge in [0.1, 0.15) is 0 Å². The molecule has 158 valence electrons. The van der Waals surface area contributed by atoms with Crippen LogP contribution in [0.5, 0.6) is 0 Å². The van der Waals surface area contributed by atoms with Crippen molar-refractivity contribution in [2.24, 2.45) is 4.99 Å². The normalized spacial score (nSPS) is 12.1. The van der Waals surface area contributed by atoms with Gasteiger partial charge in [-0.1, -0.05) is 115 Å². The number of hydrogen-bond acceptors (Lipinski definition) is 3. The summed E-state index contributed by atoms with van der Waals surface area (Å²) in [5.41, 5.74) is 1.80. The first-order chi connectivity index (χ1) is 15.8. The zero-order valence-electron chi connectivity index (χ0n) is 17.8. The van der Waals surface area contributed by atoms with Gasteiger partial charge in [-0.15, -0.1) is 0 Å². The molecule has 0 bridgehead atoms. The van der Waals surface area contributed by atoms with Crippen molar-refractivity contribution >= 4 is 36.0 Å². The smallest absolute Gasteiger partial charge is 0.335 e. The number of ether oxygens (including phenoxy) is 1. The number of rotatable bonds is 7. The van der Waals surface area contributed by atoms with Crippen molar-refractivity contribution in [3.05, 3.63) is 126 Å². The molecule has 0 radical (unpaired) electrons. The second-order valence-electron chi connectivity index (χ2n) is 7.18. The van der Waals surface area contributed by atoms with Crippen LogP contribution in [0.3, 0.4) is 0 Å². The molecule has 0 saturated carbocycles. The lowest BCUT2D eigenvalue weighted by molar-refractivity contribution is -0.142. The van der Waals surface area contributed by atoms with E-state index in [4.69, 9.17) is 4.74 Å². The third-order valence-corrected chi connectivity index (χ3v) is 7.63. The Balaban J connectivity index is 1.78. The minimum absolute atomic E-state index is 0.377. The van der Waals surface area contributed by atoms with Gasteiger partial charge in [0.2, 0.25) is 0 Å². The molecule has 0 spiro atoms. The van der Waals surface area contributed by atoms with Crippen LogP contribution < -0.4 is 15.9 Å². The molecule has 0 aromatic heterocycles. The van der Waals surface area contributed by atoms with Crippen LogP contribution in [0.25, 0.3) is 0 Å². The summed E-state index contributed by atoms with van der Waals surface area (Å²) in [6.07, 6.45) is 1.81. The number of aliphatic imine (C=N–C) groups is 1. The monoisotopic (exact) mass is 437 g/mol. The van der Waals surface area contributed by atoms with E-state index in [1.165, 1.54) is 23.0 Å². The highest BCUT2D eigenvalue weighted by atomic mass is 31.1. The van der Waals surface area contributed by atoms with Gasteiger partial charge < -0.3 is 4.74 Å². The largest absolute Gasteiger partial charge is 0.467 e. The summed E-state index contributed by atoms with van der Waals surface area (Å²) in [6.45, 7) is 0. The number of esters is 1. The van der Waals surface area contributed by atoms with E-state index in [0.29, 0.717) is 0 Å². The lowest BCUT2D eigenvalue weighted by atomic mass is 10.1. The second-order valence-corrected chi connectivity index (χ2v) is 9.37. The molecule has 32 heavy (non-hydrogen) atoms. The molecule has 0 N–H and O–H groups in total. The molecule has 0 heterocycles. The maximum absolute atomic E-state index is 12.5. The zero-order valence-corrected chi connectivity index (χ0v) is 18.7. The second kappa shape index (κ2) is 10.7. The molecular formula is C28H24NO2P. The van der Waals surface area contributed by atoms with Crippen molar-refractivity contribution < 1.29 is 9.53 Å².